The topological polar surface area (TPSA) is 165 Å². The molecule has 0 aliphatic heterocycles. The van der Waals surface area contributed by atoms with Gasteiger partial charge in [0.1, 0.15) is 11.9 Å². The number of aliphatic carboxylic acids is 2. The minimum atomic E-state index is -1.05. The van der Waals surface area contributed by atoms with Gasteiger partial charge >= 0.3 is 11.9 Å². The fourth-order valence-electron chi connectivity index (χ4n) is 1.30. The summed E-state index contributed by atoms with van der Waals surface area (Å²) in [4.78, 5) is 45.1. The number of hydrogen-bond acceptors (Lipinski definition) is 8. The van der Waals surface area contributed by atoms with Crippen molar-refractivity contribution in [3.63, 3.8) is 0 Å². The molecular formula is C16H27N2O8-. The SMILES string of the molecule is CC(C)(C)OC([O-])=NCC(=O)CCC(=O)O.CNCC(=O)CCC(=O)O. The second kappa shape index (κ2) is 13.8. The molecule has 0 bridgehead atoms. The van der Waals surface area contributed by atoms with Gasteiger partial charge in [0.15, 0.2) is 5.78 Å². The number of ether oxygens (including phenoxy) is 1. The van der Waals surface area contributed by atoms with Gasteiger partial charge in [-0.15, -0.1) is 0 Å². The molecule has 0 aliphatic rings. The number of aliphatic imine (C=N–C) groups is 1. The molecule has 0 aliphatic carbocycles. The van der Waals surface area contributed by atoms with Crippen LogP contribution in [-0.4, -0.2) is 65.5 Å². The van der Waals surface area contributed by atoms with E-state index in [1.54, 1.807) is 27.8 Å². The zero-order chi connectivity index (χ0) is 20.8. The maximum absolute atomic E-state index is 11.1. The number of carboxylic acid groups (broad SMARTS) is 2. The lowest BCUT2D eigenvalue weighted by Crippen LogP contribution is -2.32. The highest BCUT2D eigenvalue weighted by molar-refractivity contribution is 5.85. The van der Waals surface area contributed by atoms with Crippen molar-refractivity contribution >= 4 is 29.6 Å². The normalized spacial score (nSPS) is 11.2. The number of ketones is 2. The summed E-state index contributed by atoms with van der Waals surface area (Å²) in [5.74, 6) is -2.44. The maximum Gasteiger partial charge on any atom is 0.303 e. The van der Waals surface area contributed by atoms with E-state index in [0.29, 0.717) is 0 Å². The second-order valence-electron chi connectivity index (χ2n) is 6.19. The van der Waals surface area contributed by atoms with Gasteiger partial charge in [-0.3, -0.25) is 24.2 Å². The van der Waals surface area contributed by atoms with Gasteiger partial charge < -0.3 is 25.4 Å². The highest BCUT2D eigenvalue weighted by atomic mass is 16.6. The first-order valence-electron chi connectivity index (χ1n) is 7.89. The lowest BCUT2D eigenvalue weighted by Gasteiger charge is -2.29. The van der Waals surface area contributed by atoms with Gasteiger partial charge in [-0.25, -0.2) is 0 Å². The van der Waals surface area contributed by atoms with Crippen LogP contribution in [0.25, 0.3) is 0 Å². The molecule has 0 fully saturated rings. The van der Waals surface area contributed by atoms with Crippen LogP contribution in [0, 0.1) is 0 Å². The number of rotatable bonds is 10. The summed E-state index contributed by atoms with van der Waals surface area (Å²) in [7, 11) is 1.65. The smallest absolute Gasteiger partial charge is 0.303 e. The molecule has 0 aromatic heterocycles. The van der Waals surface area contributed by atoms with Crippen LogP contribution >= 0.6 is 0 Å². The first kappa shape index (κ1) is 25.7. The van der Waals surface area contributed by atoms with Gasteiger partial charge in [0.05, 0.1) is 25.9 Å². The molecule has 0 rings (SSSR count). The van der Waals surface area contributed by atoms with Gasteiger partial charge in [-0.05, 0) is 7.05 Å². The average Bonchev–Trinajstić information content (AvgIpc) is 2.48. The van der Waals surface area contributed by atoms with Crippen LogP contribution in [-0.2, 0) is 23.9 Å². The molecule has 0 unspecified atom stereocenters. The van der Waals surface area contributed by atoms with Crippen LogP contribution in [0.5, 0.6) is 0 Å². The molecule has 0 aromatic rings. The third kappa shape index (κ3) is 21.5. The Kier molecular flexibility index (Phi) is 13.6. The number of Topliss-reactive ketones (excluding diaryl/α,β-unsaturated/α-hetero) is 2. The molecule has 0 saturated carbocycles. The summed E-state index contributed by atoms with van der Waals surface area (Å²) in [6.07, 6.45) is -1.13. The van der Waals surface area contributed by atoms with E-state index >= 15 is 0 Å². The Labute approximate surface area is 152 Å². The van der Waals surface area contributed by atoms with Crippen LogP contribution in [0.1, 0.15) is 46.5 Å². The quantitative estimate of drug-likeness (QED) is 0.340. The van der Waals surface area contributed by atoms with Crippen molar-refractivity contribution in [2.75, 3.05) is 20.1 Å². The molecule has 0 radical (unpaired) electrons. The van der Waals surface area contributed by atoms with E-state index in [4.69, 9.17) is 14.9 Å². The highest BCUT2D eigenvalue weighted by Crippen LogP contribution is 2.05. The van der Waals surface area contributed by atoms with Gasteiger partial charge in [-0.1, -0.05) is 20.8 Å². The zero-order valence-corrected chi connectivity index (χ0v) is 15.5. The van der Waals surface area contributed by atoms with Gasteiger partial charge in [0.25, 0.3) is 0 Å². The number of carbonyl (C=O) groups excluding carboxylic acids is 2. The molecule has 10 heteroatoms. The van der Waals surface area contributed by atoms with Crippen molar-refractivity contribution in [2.24, 2.45) is 4.99 Å². The first-order valence-corrected chi connectivity index (χ1v) is 7.89. The molecule has 0 atom stereocenters. The third-order valence-corrected chi connectivity index (χ3v) is 2.39. The molecule has 0 amide bonds. The van der Waals surface area contributed by atoms with Gasteiger partial charge in [-0.2, -0.15) is 0 Å². The first-order chi connectivity index (χ1) is 11.9. The Hall–Kier alpha value is -2.49. The molecule has 0 aromatic carbocycles. The molecule has 26 heavy (non-hydrogen) atoms. The predicted octanol–water partition coefficient (Wildman–Crippen LogP) is -0.409. The van der Waals surface area contributed by atoms with E-state index in [0.717, 1.165) is 0 Å². The number of carboxylic acids is 2. The molecule has 10 nitrogen and oxygen atoms in total. The zero-order valence-electron chi connectivity index (χ0n) is 15.5. The van der Waals surface area contributed by atoms with E-state index in [1.807, 2.05) is 0 Å². The van der Waals surface area contributed by atoms with Crippen LogP contribution < -0.4 is 10.4 Å². The number of hydrogen-bond donors (Lipinski definition) is 3. The van der Waals surface area contributed by atoms with E-state index in [1.165, 1.54) is 0 Å². The molecule has 3 N–H and O–H groups in total. The highest BCUT2D eigenvalue weighted by Gasteiger charge is 2.07. The Bertz CT molecular complexity index is 509. The predicted molar refractivity (Wildman–Crippen MR) is 90.8 cm³/mol. The van der Waals surface area contributed by atoms with E-state index in [2.05, 4.69) is 10.3 Å². The Morgan fingerprint density at radius 3 is 1.81 bits per heavy atom. The van der Waals surface area contributed by atoms with E-state index in [9.17, 15) is 24.3 Å². The minimum Gasteiger partial charge on any atom is -0.595 e. The Morgan fingerprint density at radius 2 is 1.42 bits per heavy atom. The fraction of sp³-hybridized carbons (Fsp3) is 0.688. The van der Waals surface area contributed by atoms with Crippen molar-refractivity contribution in [3.8, 4) is 0 Å². The third-order valence-electron chi connectivity index (χ3n) is 2.39. The van der Waals surface area contributed by atoms with Crippen molar-refractivity contribution in [2.45, 2.75) is 52.1 Å². The summed E-state index contributed by atoms with van der Waals surface area (Å²) >= 11 is 0. The summed E-state index contributed by atoms with van der Waals surface area (Å²) in [6, 6.07) is 0. The van der Waals surface area contributed by atoms with E-state index < -0.39 is 29.4 Å². The number of likely N-dealkylation sites (N-methyl/N-ethyl adjacent to an activating group) is 1. The van der Waals surface area contributed by atoms with Crippen molar-refractivity contribution in [3.05, 3.63) is 0 Å². The van der Waals surface area contributed by atoms with Crippen LogP contribution in [0.4, 0.5) is 0 Å². The monoisotopic (exact) mass is 375 g/mol. The number of carbonyl (C=O) groups is 4. The molecule has 150 valence electrons. The number of nitrogens with one attached hydrogen (secondary N) is 1. The van der Waals surface area contributed by atoms with E-state index in [-0.39, 0.29) is 44.6 Å². The maximum atomic E-state index is 11.1. The van der Waals surface area contributed by atoms with Crippen molar-refractivity contribution in [1.82, 2.24) is 5.32 Å². The summed E-state index contributed by atoms with van der Waals surface area (Å²) in [5, 5.41) is 30.2. The second-order valence-corrected chi connectivity index (χ2v) is 6.19. The summed E-state index contributed by atoms with van der Waals surface area (Å²) < 4.78 is 4.84. The summed E-state index contributed by atoms with van der Waals surface area (Å²) in [6.45, 7) is 4.99. The summed E-state index contributed by atoms with van der Waals surface area (Å²) in [5.41, 5.74) is -0.648. The Morgan fingerprint density at radius 1 is 0.962 bits per heavy atom. The van der Waals surface area contributed by atoms with Crippen LogP contribution in [0.2, 0.25) is 0 Å². The van der Waals surface area contributed by atoms with Crippen molar-refractivity contribution in [1.29, 1.82) is 0 Å². The van der Waals surface area contributed by atoms with Crippen molar-refractivity contribution < 1.29 is 39.2 Å². The lowest BCUT2D eigenvalue weighted by atomic mass is 10.2. The Balaban J connectivity index is 0. The molecular weight excluding hydrogens is 348 g/mol. The number of nitrogens with zero attached hydrogens (tertiary/aromatic N) is 1. The van der Waals surface area contributed by atoms with Crippen LogP contribution in [0.3, 0.4) is 0 Å². The molecule has 0 saturated heterocycles. The molecule has 0 heterocycles. The van der Waals surface area contributed by atoms with Gasteiger partial charge in [0, 0.05) is 18.4 Å². The largest absolute Gasteiger partial charge is 0.595 e. The minimum absolute atomic E-state index is 0.0649. The van der Waals surface area contributed by atoms with Gasteiger partial charge in [0.2, 0.25) is 0 Å². The average molecular weight is 375 g/mol. The standard InChI is InChI=1S/C10H17NO5.C6H11NO3/c1-10(2,3)16-9(15)11-6-7(12)4-5-8(13)14;1-7-4-5(8)2-3-6(9)10/h4-6H2,1-3H3,(H,11,15)(H,13,14);7H,2-4H2,1H3,(H,9,10)/p-1. The fourth-order valence-corrected chi connectivity index (χ4v) is 1.30. The molecule has 0 spiro atoms. The van der Waals surface area contributed by atoms with Crippen LogP contribution in [0.15, 0.2) is 4.99 Å². The lowest BCUT2D eigenvalue weighted by molar-refractivity contribution is -0.260.